The SMILES string of the molecule is CCc1ccc(N(C(=O)CCC(=O)Nc2cc(C)on2)[C@H](C(=O)NC(C)(C)CC)c2cccc(OC)c2OC)cc1. The van der Waals surface area contributed by atoms with E-state index in [1.54, 1.807) is 31.2 Å². The van der Waals surface area contributed by atoms with E-state index in [1.807, 2.05) is 52.0 Å². The summed E-state index contributed by atoms with van der Waals surface area (Å²) >= 11 is 0. The minimum absolute atomic E-state index is 0.127. The Balaban J connectivity index is 2.08. The van der Waals surface area contributed by atoms with E-state index in [2.05, 4.69) is 15.8 Å². The third-order valence-electron chi connectivity index (χ3n) is 6.93. The van der Waals surface area contributed by atoms with Crippen molar-refractivity contribution in [2.24, 2.45) is 0 Å². The van der Waals surface area contributed by atoms with Crippen molar-refractivity contribution in [2.45, 2.75) is 71.9 Å². The summed E-state index contributed by atoms with van der Waals surface area (Å²) in [4.78, 5) is 42.2. The van der Waals surface area contributed by atoms with E-state index in [-0.39, 0.29) is 24.6 Å². The maximum Gasteiger partial charge on any atom is 0.248 e. The fourth-order valence-electron chi connectivity index (χ4n) is 4.32. The molecule has 10 nitrogen and oxygen atoms in total. The van der Waals surface area contributed by atoms with Crippen molar-refractivity contribution in [3.63, 3.8) is 0 Å². The second-order valence-corrected chi connectivity index (χ2v) is 10.4. The molecule has 0 aliphatic carbocycles. The van der Waals surface area contributed by atoms with Crippen LogP contribution in [0.3, 0.4) is 0 Å². The smallest absolute Gasteiger partial charge is 0.248 e. The van der Waals surface area contributed by atoms with E-state index in [0.29, 0.717) is 34.9 Å². The quantitative estimate of drug-likeness (QED) is 0.286. The second-order valence-electron chi connectivity index (χ2n) is 10.4. The number of hydrogen-bond donors (Lipinski definition) is 2. The highest BCUT2D eigenvalue weighted by Gasteiger charge is 2.37. The molecule has 1 aromatic heterocycles. The van der Waals surface area contributed by atoms with Gasteiger partial charge in [0.1, 0.15) is 11.8 Å². The van der Waals surface area contributed by atoms with E-state index < -0.39 is 23.4 Å². The average Bonchev–Trinajstić information content (AvgIpc) is 3.37. The van der Waals surface area contributed by atoms with Crippen LogP contribution in [0.5, 0.6) is 11.5 Å². The van der Waals surface area contributed by atoms with Crippen LogP contribution in [-0.2, 0) is 20.8 Å². The molecule has 2 N–H and O–H groups in total. The molecule has 2 aromatic carbocycles. The molecular formula is C31H40N4O6. The van der Waals surface area contributed by atoms with Gasteiger partial charge in [-0.15, -0.1) is 0 Å². The van der Waals surface area contributed by atoms with Crippen LogP contribution < -0.4 is 25.0 Å². The van der Waals surface area contributed by atoms with Crippen LogP contribution in [0.2, 0.25) is 0 Å². The Morgan fingerprint density at radius 2 is 1.73 bits per heavy atom. The van der Waals surface area contributed by atoms with Gasteiger partial charge in [-0.25, -0.2) is 0 Å². The number of nitrogens with one attached hydrogen (secondary N) is 2. The van der Waals surface area contributed by atoms with Crippen LogP contribution >= 0.6 is 0 Å². The molecule has 0 unspecified atom stereocenters. The summed E-state index contributed by atoms with van der Waals surface area (Å²) < 4.78 is 16.2. The van der Waals surface area contributed by atoms with Crippen molar-refractivity contribution < 1.29 is 28.4 Å². The Hall–Kier alpha value is -4.34. The Bertz CT molecular complexity index is 1350. The number of para-hydroxylation sites is 1. The minimum atomic E-state index is -1.12. The predicted octanol–water partition coefficient (Wildman–Crippen LogP) is 5.36. The fraction of sp³-hybridized carbons (Fsp3) is 0.419. The molecule has 0 aliphatic heterocycles. The van der Waals surface area contributed by atoms with E-state index in [1.165, 1.54) is 19.1 Å². The van der Waals surface area contributed by atoms with Crippen LogP contribution in [-0.4, -0.2) is 42.6 Å². The van der Waals surface area contributed by atoms with E-state index in [9.17, 15) is 14.4 Å². The number of aromatic nitrogens is 1. The number of nitrogens with zero attached hydrogens (tertiary/aromatic N) is 2. The van der Waals surface area contributed by atoms with Crippen molar-refractivity contribution in [1.29, 1.82) is 0 Å². The van der Waals surface area contributed by atoms with Crippen LogP contribution in [0.15, 0.2) is 53.1 Å². The summed E-state index contributed by atoms with van der Waals surface area (Å²) in [5.41, 5.74) is 1.50. The topological polar surface area (TPSA) is 123 Å². The monoisotopic (exact) mass is 564 g/mol. The lowest BCUT2D eigenvalue weighted by Crippen LogP contribution is -2.50. The number of carbonyl (C=O) groups excluding carboxylic acids is 3. The molecule has 0 fully saturated rings. The minimum Gasteiger partial charge on any atom is -0.493 e. The number of benzene rings is 2. The van der Waals surface area contributed by atoms with Gasteiger partial charge in [-0.1, -0.05) is 43.3 Å². The zero-order chi connectivity index (χ0) is 30.2. The lowest BCUT2D eigenvalue weighted by Gasteiger charge is -2.35. The van der Waals surface area contributed by atoms with Crippen molar-refractivity contribution in [3.05, 3.63) is 65.4 Å². The van der Waals surface area contributed by atoms with Gasteiger partial charge in [0.05, 0.1) is 14.2 Å². The van der Waals surface area contributed by atoms with Gasteiger partial charge in [0.15, 0.2) is 17.3 Å². The van der Waals surface area contributed by atoms with Gasteiger partial charge in [0.25, 0.3) is 0 Å². The molecule has 220 valence electrons. The lowest BCUT2D eigenvalue weighted by atomic mass is 9.97. The Kier molecular flexibility index (Phi) is 10.5. The lowest BCUT2D eigenvalue weighted by molar-refractivity contribution is -0.128. The summed E-state index contributed by atoms with van der Waals surface area (Å²) in [5.74, 6) is 0.375. The summed E-state index contributed by atoms with van der Waals surface area (Å²) in [7, 11) is 3.00. The van der Waals surface area contributed by atoms with Crippen LogP contribution in [0, 0.1) is 6.92 Å². The molecule has 1 atom stereocenters. The summed E-state index contributed by atoms with van der Waals surface area (Å²) in [6.07, 6.45) is 1.19. The zero-order valence-electron chi connectivity index (χ0n) is 24.9. The number of aryl methyl sites for hydroxylation is 2. The largest absolute Gasteiger partial charge is 0.493 e. The third kappa shape index (κ3) is 7.87. The molecule has 0 radical (unpaired) electrons. The molecule has 1 heterocycles. The number of carbonyl (C=O) groups is 3. The van der Waals surface area contributed by atoms with Gasteiger partial charge >= 0.3 is 0 Å². The highest BCUT2D eigenvalue weighted by molar-refractivity contribution is 6.03. The summed E-state index contributed by atoms with van der Waals surface area (Å²) in [6, 6.07) is 13.2. The van der Waals surface area contributed by atoms with Crippen LogP contribution in [0.1, 0.15) is 69.9 Å². The number of hydrogen-bond acceptors (Lipinski definition) is 7. The molecule has 0 saturated carbocycles. The first-order valence-electron chi connectivity index (χ1n) is 13.7. The first-order chi connectivity index (χ1) is 19.5. The first kappa shape index (κ1) is 31.2. The Morgan fingerprint density at radius 3 is 2.29 bits per heavy atom. The maximum atomic E-state index is 14.1. The van der Waals surface area contributed by atoms with Crippen molar-refractivity contribution in [3.8, 4) is 11.5 Å². The second kappa shape index (κ2) is 13.8. The summed E-state index contributed by atoms with van der Waals surface area (Å²) in [6.45, 7) is 9.57. The van der Waals surface area contributed by atoms with Crippen molar-refractivity contribution >= 4 is 29.2 Å². The highest BCUT2D eigenvalue weighted by atomic mass is 16.5. The number of anilines is 2. The van der Waals surface area contributed by atoms with Gasteiger partial charge in [-0.3, -0.25) is 19.3 Å². The van der Waals surface area contributed by atoms with Crippen molar-refractivity contribution in [1.82, 2.24) is 10.5 Å². The standard InChI is InChI=1S/C31H40N4O6/c1-8-21-13-15-22(16-14-21)35(27(37)18-17-26(36)32-25-19-20(3)41-34-25)28(30(38)33-31(4,5)9-2)23-11-10-12-24(39-6)29(23)40-7/h10-16,19,28H,8-9,17-18H2,1-7H3,(H,33,38)(H,32,34,36)/t28-/m0/s1. The summed E-state index contributed by atoms with van der Waals surface area (Å²) in [5, 5.41) is 9.50. The van der Waals surface area contributed by atoms with Gasteiger partial charge < -0.3 is 24.6 Å². The molecular weight excluding hydrogens is 524 g/mol. The van der Waals surface area contributed by atoms with Gasteiger partial charge in [-0.2, -0.15) is 0 Å². The number of rotatable bonds is 13. The van der Waals surface area contributed by atoms with Crippen molar-refractivity contribution in [2.75, 3.05) is 24.4 Å². The van der Waals surface area contributed by atoms with E-state index in [0.717, 1.165) is 12.0 Å². The number of amides is 3. The molecule has 0 saturated heterocycles. The molecule has 41 heavy (non-hydrogen) atoms. The van der Waals surface area contributed by atoms with Crippen LogP contribution in [0.25, 0.3) is 0 Å². The fourth-order valence-corrected chi connectivity index (χ4v) is 4.32. The predicted molar refractivity (Wildman–Crippen MR) is 157 cm³/mol. The third-order valence-corrected chi connectivity index (χ3v) is 6.93. The molecule has 0 bridgehead atoms. The molecule has 0 aliphatic rings. The average molecular weight is 565 g/mol. The first-order valence-corrected chi connectivity index (χ1v) is 13.7. The molecule has 10 heteroatoms. The highest BCUT2D eigenvalue weighted by Crippen LogP contribution is 2.39. The molecule has 3 aromatic rings. The molecule has 3 rings (SSSR count). The zero-order valence-corrected chi connectivity index (χ0v) is 24.9. The molecule has 0 spiro atoms. The van der Waals surface area contributed by atoms with Gasteiger partial charge in [0.2, 0.25) is 17.7 Å². The van der Waals surface area contributed by atoms with E-state index >= 15 is 0 Å². The molecule has 3 amide bonds. The number of methoxy groups -OCH3 is 2. The normalized spacial score (nSPS) is 11.9. The van der Waals surface area contributed by atoms with E-state index in [4.69, 9.17) is 14.0 Å². The van der Waals surface area contributed by atoms with Gasteiger partial charge in [-0.05, 0) is 57.4 Å². The Morgan fingerprint density at radius 1 is 1.02 bits per heavy atom. The number of ether oxygens (including phenoxy) is 2. The van der Waals surface area contributed by atoms with Crippen LogP contribution in [0.4, 0.5) is 11.5 Å². The van der Waals surface area contributed by atoms with Gasteiger partial charge in [0, 0.05) is 35.7 Å². The maximum absolute atomic E-state index is 14.1. The Labute approximate surface area is 241 Å².